The van der Waals surface area contributed by atoms with Gasteiger partial charge in [0.15, 0.2) is 5.96 Å². The van der Waals surface area contributed by atoms with Crippen LogP contribution in [0.5, 0.6) is 11.5 Å². The first-order valence-corrected chi connectivity index (χ1v) is 9.25. The van der Waals surface area contributed by atoms with Gasteiger partial charge in [-0.25, -0.2) is 4.99 Å². The van der Waals surface area contributed by atoms with E-state index in [1.54, 1.807) is 0 Å². The SMILES string of the molecule is CCNC(=NCc1cc2c(cc1OCC)CC(C)O2)NCCNC(C)=O. The van der Waals surface area contributed by atoms with E-state index in [-0.39, 0.29) is 12.0 Å². The van der Waals surface area contributed by atoms with Crippen LogP contribution in [-0.2, 0) is 17.8 Å². The van der Waals surface area contributed by atoms with E-state index in [0.29, 0.717) is 32.2 Å². The Bertz CT molecular complexity index is 646. The molecule has 2 rings (SSSR count). The van der Waals surface area contributed by atoms with Gasteiger partial charge in [0.05, 0.1) is 13.2 Å². The fourth-order valence-electron chi connectivity index (χ4n) is 2.82. The fraction of sp³-hybridized carbons (Fsp3) is 0.579. The van der Waals surface area contributed by atoms with Crippen molar-refractivity contribution in [3.05, 3.63) is 23.3 Å². The average molecular weight is 362 g/mol. The first kappa shape index (κ1) is 19.9. The predicted molar refractivity (Wildman–Crippen MR) is 103 cm³/mol. The molecule has 0 aromatic heterocycles. The summed E-state index contributed by atoms with van der Waals surface area (Å²) >= 11 is 0. The molecule has 7 nitrogen and oxygen atoms in total. The largest absolute Gasteiger partial charge is 0.494 e. The number of guanidine groups is 1. The normalized spacial score (nSPS) is 15.8. The Morgan fingerprint density at radius 1 is 1.27 bits per heavy atom. The summed E-state index contributed by atoms with van der Waals surface area (Å²) in [7, 11) is 0. The molecule has 1 aliphatic rings. The number of carbonyl (C=O) groups excluding carboxylic acids is 1. The lowest BCUT2D eigenvalue weighted by Crippen LogP contribution is -2.41. The summed E-state index contributed by atoms with van der Waals surface area (Å²) in [6.07, 6.45) is 1.11. The molecule has 0 bridgehead atoms. The second kappa shape index (κ2) is 9.89. The van der Waals surface area contributed by atoms with Crippen molar-refractivity contribution < 1.29 is 14.3 Å². The van der Waals surface area contributed by atoms with Crippen LogP contribution in [-0.4, -0.2) is 44.2 Å². The van der Waals surface area contributed by atoms with Gasteiger partial charge >= 0.3 is 0 Å². The highest BCUT2D eigenvalue weighted by Crippen LogP contribution is 2.35. The summed E-state index contributed by atoms with van der Waals surface area (Å²) in [6, 6.07) is 4.11. The number of hydrogen-bond acceptors (Lipinski definition) is 4. The maximum atomic E-state index is 10.9. The molecule has 26 heavy (non-hydrogen) atoms. The van der Waals surface area contributed by atoms with E-state index in [0.717, 1.165) is 30.0 Å². The number of rotatable bonds is 8. The maximum absolute atomic E-state index is 10.9. The van der Waals surface area contributed by atoms with E-state index < -0.39 is 0 Å². The van der Waals surface area contributed by atoms with Gasteiger partial charge < -0.3 is 25.4 Å². The molecular weight excluding hydrogens is 332 g/mol. The third-order valence-corrected chi connectivity index (χ3v) is 3.92. The zero-order chi connectivity index (χ0) is 18.9. The van der Waals surface area contributed by atoms with E-state index in [2.05, 4.69) is 33.9 Å². The lowest BCUT2D eigenvalue weighted by Gasteiger charge is -2.14. The van der Waals surface area contributed by atoms with Gasteiger partial charge in [-0.15, -0.1) is 0 Å². The molecule has 7 heteroatoms. The third kappa shape index (κ3) is 5.82. The number of amides is 1. The van der Waals surface area contributed by atoms with Crippen LogP contribution in [0.4, 0.5) is 0 Å². The zero-order valence-corrected chi connectivity index (χ0v) is 16.1. The molecular formula is C19H30N4O3. The molecule has 1 heterocycles. The van der Waals surface area contributed by atoms with Crippen LogP contribution in [0.2, 0.25) is 0 Å². The summed E-state index contributed by atoms with van der Waals surface area (Å²) in [5.41, 5.74) is 2.19. The van der Waals surface area contributed by atoms with Crippen molar-refractivity contribution in [2.24, 2.45) is 4.99 Å². The minimum Gasteiger partial charge on any atom is -0.494 e. The number of nitrogens with zero attached hydrogens (tertiary/aromatic N) is 1. The van der Waals surface area contributed by atoms with Crippen LogP contribution in [0.1, 0.15) is 38.8 Å². The Kier molecular flexibility index (Phi) is 7.56. The van der Waals surface area contributed by atoms with Crippen LogP contribution < -0.4 is 25.4 Å². The van der Waals surface area contributed by atoms with Gasteiger partial charge in [0.1, 0.15) is 17.6 Å². The lowest BCUT2D eigenvalue weighted by molar-refractivity contribution is -0.118. The number of nitrogens with one attached hydrogen (secondary N) is 3. The van der Waals surface area contributed by atoms with Crippen LogP contribution >= 0.6 is 0 Å². The number of fused-ring (bicyclic) bond motifs is 1. The molecule has 1 atom stereocenters. The summed E-state index contributed by atoms with van der Waals surface area (Å²) < 4.78 is 11.7. The van der Waals surface area contributed by atoms with Crippen molar-refractivity contribution in [3.8, 4) is 11.5 Å². The van der Waals surface area contributed by atoms with Crippen molar-refractivity contribution in [2.45, 2.75) is 46.8 Å². The van der Waals surface area contributed by atoms with Gasteiger partial charge in [-0.1, -0.05) is 0 Å². The zero-order valence-electron chi connectivity index (χ0n) is 16.1. The first-order valence-electron chi connectivity index (χ1n) is 9.25. The Morgan fingerprint density at radius 2 is 2.04 bits per heavy atom. The molecule has 1 aromatic carbocycles. The van der Waals surface area contributed by atoms with Crippen molar-refractivity contribution in [2.75, 3.05) is 26.2 Å². The summed E-state index contributed by atoms with van der Waals surface area (Å²) in [6.45, 7) is 10.6. The Labute approximate surface area is 155 Å². The van der Waals surface area contributed by atoms with Gasteiger partial charge in [0.25, 0.3) is 0 Å². The molecule has 144 valence electrons. The van der Waals surface area contributed by atoms with Crippen LogP contribution in [0.3, 0.4) is 0 Å². The van der Waals surface area contributed by atoms with Crippen molar-refractivity contribution in [3.63, 3.8) is 0 Å². The molecule has 0 saturated heterocycles. The van der Waals surface area contributed by atoms with Gasteiger partial charge in [-0.05, 0) is 32.9 Å². The molecule has 1 aromatic rings. The Hall–Kier alpha value is -2.44. The van der Waals surface area contributed by atoms with Crippen LogP contribution in [0.15, 0.2) is 17.1 Å². The average Bonchev–Trinajstić information content (AvgIpc) is 2.95. The lowest BCUT2D eigenvalue weighted by atomic mass is 10.1. The van der Waals surface area contributed by atoms with Gasteiger partial charge in [0.2, 0.25) is 5.91 Å². The molecule has 0 spiro atoms. The topological polar surface area (TPSA) is 84.0 Å². The molecule has 0 saturated carbocycles. The van der Waals surface area contributed by atoms with Crippen molar-refractivity contribution in [1.29, 1.82) is 0 Å². The number of ether oxygens (including phenoxy) is 2. The van der Waals surface area contributed by atoms with Gasteiger partial charge in [-0.3, -0.25) is 4.79 Å². The molecule has 1 aliphatic heterocycles. The van der Waals surface area contributed by atoms with E-state index in [1.807, 2.05) is 19.9 Å². The van der Waals surface area contributed by atoms with Crippen molar-refractivity contribution >= 4 is 11.9 Å². The van der Waals surface area contributed by atoms with Crippen LogP contribution in [0, 0.1) is 0 Å². The quantitative estimate of drug-likeness (QED) is 0.372. The fourth-order valence-corrected chi connectivity index (χ4v) is 2.82. The number of benzene rings is 1. The Balaban J connectivity index is 2.07. The summed E-state index contributed by atoms with van der Waals surface area (Å²) in [5.74, 6) is 2.45. The standard InChI is InChI=1S/C19H30N4O3/c1-5-20-19(22-8-7-21-14(4)24)23-12-16-11-18-15(9-13(3)26-18)10-17(16)25-6-2/h10-11,13H,5-9,12H2,1-4H3,(H,21,24)(H2,20,22,23). The third-order valence-electron chi connectivity index (χ3n) is 3.92. The number of aliphatic imine (C=N–C) groups is 1. The molecule has 1 amide bonds. The monoisotopic (exact) mass is 362 g/mol. The predicted octanol–water partition coefficient (Wildman–Crippen LogP) is 1.60. The van der Waals surface area contributed by atoms with E-state index in [9.17, 15) is 4.79 Å². The van der Waals surface area contributed by atoms with Crippen molar-refractivity contribution in [1.82, 2.24) is 16.0 Å². The molecule has 0 fully saturated rings. The van der Waals surface area contributed by atoms with Gasteiger partial charge in [0, 0.05) is 44.1 Å². The highest BCUT2D eigenvalue weighted by Gasteiger charge is 2.21. The highest BCUT2D eigenvalue weighted by atomic mass is 16.5. The second-order valence-electron chi connectivity index (χ2n) is 6.24. The summed E-state index contributed by atoms with van der Waals surface area (Å²) in [5, 5.41) is 9.17. The second-order valence-corrected chi connectivity index (χ2v) is 6.24. The summed E-state index contributed by atoms with van der Waals surface area (Å²) in [4.78, 5) is 15.6. The minimum absolute atomic E-state index is 0.0394. The molecule has 1 unspecified atom stereocenters. The number of carbonyl (C=O) groups is 1. The van der Waals surface area contributed by atoms with E-state index >= 15 is 0 Å². The minimum atomic E-state index is -0.0394. The van der Waals surface area contributed by atoms with Gasteiger partial charge in [-0.2, -0.15) is 0 Å². The molecule has 0 radical (unpaired) electrons. The molecule has 0 aliphatic carbocycles. The highest BCUT2D eigenvalue weighted by molar-refractivity contribution is 5.80. The maximum Gasteiger partial charge on any atom is 0.216 e. The van der Waals surface area contributed by atoms with E-state index in [1.165, 1.54) is 12.5 Å². The smallest absolute Gasteiger partial charge is 0.216 e. The Morgan fingerprint density at radius 3 is 2.73 bits per heavy atom. The van der Waals surface area contributed by atoms with E-state index in [4.69, 9.17) is 9.47 Å². The number of hydrogen-bond donors (Lipinski definition) is 3. The molecule has 3 N–H and O–H groups in total. The van der Waals surface area contributed by atoms with Crippen LogP contribution in [0.25, 0.3) is 0 Å². The first-order chi connectivity index (χ1) is 12.5.